The topological polar surface area (TPSA) is 71.0 Å². The minimum absolute atomic E-state index is 0. The summed E-state index contributed by atoms with van der Waals surface area (Å²) in [6.45, 7) is 9.41. The molecule has 1 aromatic carbocycles. The maximum atomic E-state index is 13.3. The molecule has 1 unspecified atom stereocenters. The standard InChI is InChI=1S/C23H32FN5O2.HI/c1-17(2)21(29-9-11-30-12-10-29)16-28-23(25-3)27-15-18-7-8-22(26-14-18)31-20-6-4-5-19(24)13-20;/h4-8,13-14,17,21H,9-12,15-16H2,1-3H3,(H2,25,27,28);1H. The van der Waals surface area contributed by atoms with Gasteiger partial charge in [0.2, 0.25) is 5.88 Å². The van der Waals surface area contributed by atoms with E-state index < -0.39 is 0 Å². The fraction of sp³-hybridized carbons (Fsp3) is 0.478. The highest BCUT2D eigenvalue weighted by Crippen LogP contribution is 2.20. The van der Waals surface area contributed by atoms with E-state index in [4.69, 9.17) is 9.47 Å². The van der Waals surface area contributed by atoms with Crippen LogP contribution in [-0.4, -0.2) is 61.8 Å². The maximum Gasteiger partial charge on any atom is 0.219 e. The number of benzene rings is 1. The van der Waals surface area contributed by atoms with Crippen molar-refractivity contribution in [2.45, 2.75) is 26.4 Å². The monoisotopic (exact) mass is 557 g/mol. The zero-order valence-electron chi connectivity index (χ0n) is 18.9. The number of morpholine rings is 1. The van der Waals surface area contributed by atoms with Gasteiger partial charge in [0.15, 0.2) is 5.96 Å². The van der Waals surface area contributed by atoms with Crippen LogP contribution in [0.4, 0.5) is 4.39 Å². The van der Waals surface area contributed by atoms with E-state index in [-0.39, 0.29) is 29.8 Å². The Kier molecular flexibility index (Phi) is 11.1. The molecule has 176 valence electrons. The molecule has 0 aliphatic carbocycles. The summed E-state index contributed by atoms with van der Waals surface area (Å²) >= 11 is 0. The number of halogens is 2. The largest absolute Gasteiger partial charge is 0.439 e. The predicted octanol–water partition coefficient (Wildman–Crippen LogP) is 3.65. The van der Waals surface area contributed by atoms with E-state index in [0.29, 0.717) is 30.1 Å². The summed E-state index contributed by atoms with van der Waals surface area (Å²) in [6, 6.07) is 10.1. The van der Waals surface area contributed by atoms with Crippen LogP contribution in [-0.2, 0) is 11.3 Å². The number of nitrogens with zero attached hydrogens (tertiary/aromatic N) is 3. The Morgan fingerprint density at radius 2 is 2.00 bits per heavy atom. The normalized spacial score (nSPS) is 15.7. The molecule has 1 aliphatic rings. The van der Waals surface area contributed by atoms with Crippen molar-refractivity contribution in [2.75, 3.05) is 39.9 Å². The second-order valence-electron chi connectivity index (χ2n) is 7.83. The number of hydrogen-bond acceptors (Lipinski definition) is 5. The molecule has 1 aliphatic heterocycles. The third-order valence-electron chi connectivity index (χ3n) is 5.26. The van der Waals surface area contributed by atoms with Crippen LogP contribution in [0.1, 0.15) is 19.4 Å². The van der Waals surface area contributed by atoms with Crippen LogP contribution in [0, 0.1) is 11.7 Å². The summed E-state index contributed by atoms with van der Waals surface area (Å²) in [5, 5.41) is 6.77. The van der Waals surface area contributed by atoms with Crippen molar-refractivity contribution in [3.63, 3.8) is 0 Å². The minimum Gasteiger partial charge on any atom is -0.439 e. The third kappa shape index (κ3) is 8.18. The van der Waals surface area contributed by atoms with Crippen LogP contribution in [0.25, 0.3) is 0 Å². The zero-order valence-corrected chi connectivity index (χ0v) is 21.2. The first kappa shape index (κ1) is 26.3. The number of guanidine groups is 1. The molecule has 1 atom stereocenters. The minimum atomic E-state index is -0.342. The van der Waals surface area contributed by atoms with Gasteiger partial charge in [-0.2, -0.15) is 0 Å². The third-order valence-corrected chi connectivity index (χ3v) is 5.26. The number of aliphatic imine (C=N–C) groups is 1. The molecule has 0 radical (unpaired) electrons. The molecule has 0 amide bonds. The van der Waals surface area contributed by atoms with Crippen LogP contribution >= 0.6 is 24.0 Å². The summed E-state index contributed by atoms with van der Waals surface area (Å²) in [6.07, 6.45) is 1.74. The van der Waals surface area contributed by atoms with Gasteiger partial charge in [0.05, 0.1) is 13.2 Å². The summed E-state index contributed by atoms with van der Waals surface area (Å²) in [7, 11) is 1.77. The Morgan fingerprint density at radius 1 is 1.22 bits per heavy atom. The first-order valence-corrected chi connectivity index (χ1v) is 10.7. The number of ether oxygens (including phenoxy) is 2. The molecule has 2 aromatic rings. The average molecular weight is 557 g/mol. The van der Waals surface area contributed by atoms with Gasteiger partial charge in [-0.3, -0.25) is 9.89 Å². The summed E-state index contributed by atoms with van der Waals surface area (Å²) in [5.74, 6) is 1.77. The highest BCUT2D eigenvalue weighted by atomic mass is 127. The Balaban J connectivity index is 0.00000363. The first-order chi connectivity index (χ1) is 15.0. The van der Waals surface area contributed by atoms with E-state index in [1.165, 1.54) is 12.1 Å². The Morgan fingerprint density at radius 3 is 2.62 bits per heavy atom. The summed E-state index contributed by atoms with van der Waals surface area (Å²) in [5.41, 5.74) is 0.989. The Bertz CT molecular complexity index is 845. The van der Waals surface area contributed by atoms with Gasteiger partial charge in [-0.25, -0.2) is 9.37 Å². The van der Waals surface area contributed by atoms with Crippen molar-refractivity contribution in [1.29, 1.82) is 0 Å². The van der Waals surface area contributed by atoms with E-state index in [1.807, 2.05) is 6.07 Å². The average Bonchev–Trinajstić information content (AvgIpc) is 2.77. The SMILES string of the molecule is CN=C(NCc1ccc(Oc2cccc(F)c2)nc1)NCC(C(C)C)N1CCOCC1.I. The van der Waals surface area contributed by atoms with Crippen molar-refractivity contribution in [3.8, 4) is 11.6 Å². The molecule has 1 saturated heterocycles. The number of aromatic nitrogens is 1. The lowest BCUT2D eigenvalue weighted by molar-refractivity contribution is 0.00752. The lowest BCUT2D eigenvalue weighted by atomic mass is 10.0. The van der Waals surface area contributed by atoms with E-state index in [0.717, 1.165) is 44.4 Å². The summed E-state index contributed by atoms with van der Waals surface area (Å²) in [4.78, 5) is 11.1. The van der Waals surface area contributed by atoms with Crippen molar-refractivity contribution in [1.82, 2.24) is 20.5 Å². The molecule has 3 rings (SSSR count). The second kappa shape index (κ2) is 13.5. The van der Waals surface area contributed by atoms with Gasteiger partial charge in [-0.15, -0.1) is 24.0 Å². The van der Waals surface area contributed by atoms with Gasteiger partial charge < -0.3 is 20.1 Å². The van der Waals surface area contributed by atoms with Gasteiger partial charge in [0.25, 0.3) is 0 Å². The van der Waals surface area contributed by atoms with Crippen LogP contribution in [0.15, 0.2) is 47.6 Å². The van der Waals surface area contributed by atoms with Crippen LogP contribution < -0.4 is 15.4 Å². The van der Waals surface area contributed by atoms with Crippen molar-refractivity contribution in [3.05, 3.63) is 54.0 Å². The van der Waals surface area contributed by atoms with Crippen LogP contribution in [0.2, 0.25) is 0 Å². The molecule has 32 heavy (non-hydrogen) atoms. The predicted molar refractivity (Wildman–Crippen MR) is 135 cm³/mol. The molecule has 2 heterocycles. The fourth-order valence-electron chi connectivity index (χ4n) is 3.53. The van der Waals surface area contributed by atoms with Crippen LogP contribution in [0.5, 0.6) is 11.6 Å². The highest BCUT2D eigenvalue weighted by Gasteiger charge is 2.23. The Hall–Kier alpha value is -1.98. The Labute approximate surface area is 206 Å². The van der Waals surface area contributed by atoms with Gasteiger partial charge in [0, 0.05) is 57.6 Å². The quantitative estimate of drug-likeness (QED) is 0.294. The van der Waals surface area contributed by atoms with Gasteiger partial charge in [-0.05, 0) is 23.6 Å². The molecule has 0 spiro atoms. The van der Waals surface area contributed by atoms with Crippen molar-refractivity contribution < 1.29 is 13.9 Å². The highest BCUT2D eigenvalue weighted by molar-refractivity contribution is 14.0. The molecule has 9 heteroatoms. The maximum absolute atomic E-state index is 13.3. The first-order valence-electron chi connectivity index (χ1n) is 10.7. The van der Waals surface area contributed by atoms with Crippen molar-refractivity contribution in [2.24, 2.45) is 10.9 Å². The summed E-state index contributed by atoms with van der Waals surface area (Å²) < 4.78 is 24.3. The molecule has 1 aromatic heterocycles. The molecular weight excluding hydrogens is 524 g/mol. The fourth-order valence-corrected chi connectivity index (χ4v) is 3.53. The molecule has 0 bridgehead atoms. The number of hydrogen-bond donors (Lipinski definition) is 2. The number of rotatable bonds is 8. The number of pyridine rings is 1. The van der Waals surface area contributed by atoms with Gasteiger partial charge in [0.1, 0.15) is 11.6 Å². The lowest BCUT2D eigenvalue weighted by Crippen LogP contribution is -2.52. The molecule has 7 nitrogen and oxygen atoms in total. The van der Waals surface area contributed by atoms with E-state index >= 15 is 0 Å². The molecule has 0 saturated carbocycles. The number of nitrogens with one attached hydrogen (secondary N) is 2. The van der Waals surface area contributed by atoms with E-state index in [9.17, 15) is 4.39 Å². The van der Waals surface area contributed by atoms with E-state index in [2.05, 4.69) is 39.4 Å². The van der Waals surface area contributed by atoms with Gasteiger partial charge >= 0.3 is 0 Å². The second-order valence-corrected chi connectivity index (χ2v) is 7.83. The lowest BCUT2D eigenvalue weighted by Gasteiger charge is -2.37. The van der Waals surface area contributed by atoms with Crippen molar-refractivity contribution >= 4 is 29.9 Å². The molecule has 1 fully saturated rings. The molecule has 2 N–H and O–H groups in total. The molecular formula is C23H33FIN5O2. The van der Waals surface area contributed by atoms with Gasteiger partial charge in [-0.1, -0.05) is 26.0 Å². The van der Waals surface area contributed by atoms with Crippen LogP contribution in [0.3, 0.4) is 0 Å². The van der Waals surface area contributed by atoms with E-state index in [1.54, 1.807) is 31.4 Å². The smallest absolute Gasteiger partial charge is 0.219 e. The zero-order chi connectivity index (χ0) is 22.1.